The highest BCUT2D eigenvalue weighted by Gasteiger charge is 2.20. The molecule has 6 nitrogen and oxygen atoms in total. The Balaban J connectivity index is 2.42. The van der Waals surface area contributed by atoms with Gasteiger partial charge in [-0.05, 0) is 52.4 Å². The van der Waals surface area contributed by atoms with Crippen LogP contribution in [0.4, 0.5) is 5.88 Å². The lowest BCUT2D eigenvalue weighted by Gasteiger charge is -2.32. The van der Waals surface area contributed by atoms with Crippen LogP contribution in [-0.2, 0) is 0 Å². The fourth-order valence-electron chi connectivity index (χ4n) is 2.43. The number of anilines is 1. The molecule has 0 unspecified atom stereocenters. The van der Waals surface area contributed by atoms with Crippen LogP contribution in [0.2, 0.25) is 0 Å². The van der Waals surface area contributed by atoms with E-state index in [2.05, 4.69) is 57.1 Å². The zero-order valence-electron chi connectivity index (χ0n) is 13.6. The minimum atomic E-state index is -0.187. The zero-order valence-corrected chi connectivity index (χ0v) is 13.6. The van der Waals surface area contributed by atoms with Crippen molar-refractivity contribution in [3.63, 3.8) is 0 Å². The monoisotopic (exact) mass is 283 g/mol. The predicted molar refractivity (Wildman–Crippen MR) is 80.2 cm³/mol. The van der Waals surface area contributed by atoms with Gasteiger partial charge in [-0.3, -0.25) is 4.90 Å². The van der Waals surface area contributed by atoms with Crippen LogP contribution in [0.3, 0.4) is 0 Å². The second kappa shape index (κ2) is 6.92. The molecule has 1 aromatic rings. The molecular weight excluding hydrogens is 254 g/mol. The molecule has 1 heterocycles. The van der Waals surface area contributed by atoms with Gasteiger partial charge in [0.1, 0.15) is 0 Å². The Morgan fingerprint density at radius 1 is 1.35 bits per heavy atom. The number of nitrogen functional groups attached to an aromatic ring is 1. The van der Waals surface area contributed by atoms with Crippen molar-refractivity contribution in [2.45, 2.75) is 72.0 Å². The molecule has 116 valence electrons. The summed E-state index contributed by atoms with van der Waals surface area (Å²) in [4.78, 5) is 3.91. The molecule has 6 heteroatoms. The van der Waals surface area contributed by atoms with Gasteiger partial charge in [-0.25, -0.2) is 5.43 Å². The normalized spacial score (nSPS) is 12.7. The summed E-state index contributed by atoms with van der Waals surface area (Å²) in [7, 11) is 0. The Bertz CT molecular complexity index is 392. The van der Waals surface area contributed by atoms with Crippen LogP contribution in [0, 0.1) is 0 Å². The lowest BCUT2D eigenvalue weighted by molar-refractivity contribution is -0.702. The van der Waals surface area contributed by atoms with Crippen molar-refractivity contribution in [2.24, 2.45) is 0 Å². The van der Waals surface area contributed by atoms with Gasteiger partial charge in [0, 0.05) is 17.6 Å². The molecule has 0 bridgehead atoms. The average Bonchev–Trinajstić information content (AvgIpc) is 2.68. The number of aromatic nitrogens is 2. The number of rotatable bonds is 8. The van der Waals surface area contributed by atoms with Crippen molar-refractivity contribution in [3.8, 4) is 0 Å². The first-order chi connectivity index (χ1) is 9.21. The molecule has 0 saturated carbocycles. The SMILES string of the molecule is CC(C)N(CCCC(C)(C)[N-][n+]1cc(N)on1)C(C)C. The predicted octanol–water partition coefficient (Wildman–Crippen LogP) is 2.36. The standard InChI is InChI=1S/C14H29N5O/c1-11(2)18(12(3)4)9-7-8-14(5,6)16-19-10-13(15)20-17-19/h10-12H,7-9,15H2,1-6H3. The van der Waals surface area contributed by atoms with Crippen LogP contribution >= 0.6 is 0 Å². The molecule has 0 saturated heterocycles. The Morgan fingerprint density at radius 3 is 2.40 bits per heavy atom. The fraction of sp³-hybridized carbons (Fsp3) is 0.857. The van der Waals surface area contributed by atoms with Crippen molar-refractivity contribution >= 4 is 5.88 Å². The van der Waals surface area contributed by atoms with E-state index in [-0.39, 0.29) is 11.4 Å². The average molecular weight is 283 g/mol. The van der Waals surface area contributed by atoms with Crippen LogP contribution in [0.25, 0.3) is 5.43 Å². The molecule has 0 aliphatic rings. The van der Waals surface area contributed by atoms with Crippen molar-refractivity contribution in [3.05, 3.63) is 11.6 Å². The molecule has 0 amide bonds. The largest absolute Gasteiger partial charge is 0.382 e. The number of hydrogen-bond donors (Lipinski definition) is 1. The third-order valence-electron chi connectivity index (χ3n) is 3.38. The van der Waals surface area contributed by atoms with E-state index in [0.29, 0.717) is 12.1 Å². The molecule has 0 aliphatic heterocycles. The summed E-state index contributed by atoms with van der Waals surface area (Å²) in [5.41, 5.74) is 9.81. The van der Waals surface area contributed by atoms with Gasteiger partial charge in [0.05, 0.1) is 0 Å². The molecule has 1 aromatic heterocycles. The van der Waals surface area contributed by atoms with Crippen LogP contribution in [0.5, 0.6) is 0 Å². The van der Waals surface area contributed by atoms with E-state index in [0.717, 1.165) is 19.4 Å². The van der Waals surface area contributed by atoms with Gasteiger partial charge >= 0.3 is 0 Å². The number of nitrogens with two attached hydrogens (primary N) is 1. The van der Waals surface area contributed by atoms with E-state index in [1.165, 1.54) is 4.79 Å². The lowest BCUT2D eigenvalue weighted by atomic mass is 9.99. The summed E-state index contributed by atoms with van der Waals surface area (Å²) < 4.78 is 4.80. The van der Waals surface area contributed by atoms with Crippen molar-refractivity contribution in [1.29, 1.82) is 0 Å². The van der Waals surface area contributed by atoms with Crippen LogP contribution in [-0.4, -0.2) is 34.3 Å². The minimum Gasteiger partial charge on any atom is -0.382 e. The molecule has 1 rings (SSSR count). The van der Waals surface area contributed by atoms with E-state index < -0.39 is 0 Å². The Hall–Kier alpha value is -1.30. The molecule has 0 spiro atoms. The number of nitrogens with zero attached hydrogens (tertiary/aromatic N) is 4. The third kappa shape index (κ3) is 5.36. The molecular formula is C14H29N5O. The molecule has 0 radical (unpaired) electrons. The third-order valence-corrected chi connectivity index (χ3v) is 3.38. The highest BCUT2D eigenvalue weighted by atomic mass is 16.5. The second-order valence-electron chi connectivity index (χ2n) is 6.47. The van der Waals surface area contributed by atoms with Gasteiger partial charge in [-0.2, -0.15) is 0 Å². The van der Waals surface area contributed by atoms with Gasteiger partial charge in [0.25, 0.3) is 12.1 Å². The van der Waals surface area contributed by atoms with Gasteiger partial charge < -0.3 is 10.3 Å². The second-order valence-corrected chi connectivity index (χ2v) is 6.47. The van der Waals surface area contributed by atoms with Crippen molar-refractivity contribution in [1.82, 2.24) is 10.2 Å². The Kier molecular flexibility index (Phi) is 5.80. The minimum absolute atomic E-state index is 0.187. The fourth-order valence-corrected chi connectivity index (χ4v) is 2.43. The summed E-state index contributed by atoms with van der Waals surface area (Å²) >= 11 is 0. The zero-order chi connectivity index (χ0) is 15.3. The lowest BCUT2D eigenvalue weighted by Crippen LogP contribution is -2.41. The Labute approximate surface area is 122 Å². The van der Waals surface area contributed by atoms with Crippen molar-refractivity contribution in [2.75, 3.05) is 12.3 Å². The van der Waals surface area contributed by atoms with Crippen molar-refractivity contribution < 1.29 is 9.31 Å². The van der Waals surface area contributed by atoms with E-state index in [9.17, 15) is 0 Å². The maximum atomic E-state index is 5.49. The van der Waals surface area contributed by atoms with Gasteiger partial charge in [0.2, 0.25) is 0 Å². The summed E-state index contributed by atoms with van der Waals surface area (Å²) in [6.07, 6.45) is 3.67. The molecule has 2 N–H and O–H groups in total. The van der Waals surface area contributed by atoms with E-state index in [1.54, 1.807) is 6.20 Å². The van der Waals surface area contributed by atoms with Crippen LogP contribution in [0.1, 0.15) is 54.4 Å². The van der Waals surface area contributed by atoms with E-state index in [4.69, 9.17) is 10.3 Å². The molecule has 0 atom stereocenters. The highest BCUT2D eigenvalue weighted by Crippen LogP contribution is 2.20. The summed E-state index contributed by atoms with van der Waals surface area (Å²) in [6, 6.07) is 1.14. The molecule has 20 heavy (non-hydrogen) atoms. The maximum Gasteiger partial charge on any atom is 0.265 e. The summed E-state index contributed by atoms with van der Waals surface area (Å²) in [5.74, 6) is 0.273. The first-order valence-electron chi connectivity index (χ1n) is 7.34. The quantitative estimate of drug-likeness (QED) is 0.743. The number of hydrogen-bond acceptors (Lipinski definition) is 4. The van der Waals surface area contributed by atoms with Gasteiger partial charge in [0.15, 0.2) is 0 Å². The molecule has 0 aliphatic carbocycles. The summed E-state index contributed by atoms with van der Waals surface area (Å²) in [6.45, 7) is 14.2. The molecule has 0 fully saturated rings. The van der Waals surface area contributed by atoms with E-state index >= 15 is 0 Å². The first kappa shape index (κ1) is 16.8. The Morgan fingerprint density at radius 2 is 1.95 bits per heavy atom. The van der Waals surface area contributed by atoms with Crippen LogP contribution in [0.15, 0.2) is 10.7 Å². The van der Waals surface area contributed by atoms with Gasteiger partial charge in [-0.1, -0.05) is 18.6 Å². The van der Waals surface area contributed by atoms with Crippen LogP contribution < -0.4 is 10.5 Å². The molecule has 0 aromatic carbocycles. The first-order valence-corrected chi connectivity index (χ1v) is 7.34. The van der Waals surface area contributed by atoms with Gasteiger partial charge in [-0.15, -0.1) is 0 Å². The topological polar surface area (TPSA) is 73.3 Å². The van der Waals surface area contributed by atoms with E-state index in [1.807, 2.05) is 0 Å². The highest BCUT2D eigenvalue weighted by molar-refractivity contribution is 5.12. The summed E-state index contributed by atoms with van der Waals surface area (Å²) in [5, 5.41) is 3.74. The smallest absolute Gasteiger partial charge is 0.265 e. The maximum absolute atomic E-state index is 5.49.